The summed E-state index contributed by atoms with van der Waals surface area (Å²) in [7, 11) is -1.63. The highest BCUT2D eigenvalue weighted by Gasteiger charge is 2.51. The Hall–Kier alpha value is -1.81. The van der Waals surface area contributed by atoms with Gasteiger partial charge in [0.1, 0.15) is 0 Å². The molecule has 0 amide bonds. The number of aryl methyl sites for hydroxylation is 1. The normalized spacial score (nSPS) is 28.8. The van der Waals surface area contributed by atoms with Crippen molar-refractivity contribution >= 4 is 10.0 Å². The fourth-order valence-electron chi connectivity index (χ4n) is 6.20. The van der Waals surface area contributed by atoms with Gasteiger partial charge in [-0.15, -0.1) is 0 Å². The third kappa shape index (κ3) is 4.45. The summed E-state index contributed by atoms with van der Waals surface area (Å²) in [6.07, 6.45) is 1.78. The van der Waals surface area contributed by atoms with E-state index in [1.54, 1.807) is 4.31 Å². The van der Waals surface area contributed by atoms with Crippen LogP contribution in [0.4, 0.5) is 0 Å². The molecular formula is C27H38N4O3S. The summed E-state index contributed by atoms with van der Waals surface area (Å²) < 4.78 is 28.8. The van der Waals surface area contributed by atoms with Gasteiger partial charge in [-0.05, 0) is 68.1 Å². The predicted octanol–water partition coefficient (Wildman–Crippen LogP) is 2.34. The maximum absolute atomic E-state index is 13.5. The molecular weight excluding hydrogens is 460 g/mol. The molecule has 5 rings (SSSR count). The van der Waals surface area contributed by atoms with Crippen LogP contribution in [0, 0.1) is 13.8 Å². The average Bonchev–Trinajstić information content (AvgIpc) is 3.27. The number of benzene rings is 2. The van der Waals surface area contributed by atoms with Crippen molar-refractivity contribution in [2.45, 2.75) is 50.2 Å². The van der Waals surface area contributed by atoms with Crippen LogP contribution >= 0.6 is 0 Å². The van der Waals surface area contributed by atoms with E-state index in [1.807, 2.05) is 11.9 Å². The van der Waals surface area contributed by atoms with E-state index in [2.05, 4.69) is 66.5 Å². The van der Waals surface area contributed by atoms with Gasteiger partial charge in [0, 0.05) is 44.2 Å². The molecule has 35 heavy (non-hydrogen) atoms. The molecule has 0 bridgehead atoms. The molecule has 8 heteroatoms. The highest BCUT2D eigenvalue weighted by molar-refractivity contribution is 7.89. The molecule has 3 fully saturated rings. The Morgan fingerprint density at radius 3 is 2.46 bits per heavy atom. The fourth-order valence-corrected chi connectivity index (χ4v) is 8.12. The number of hydrogen-bond acceptors (Lipinski definition) is 6. The highest BCUT2D eigenvalue weighted by Crippen LogP contribution is 2.43. The minimum absolute atomic E-state index is 0.0292. The van der Waals surface area contributed by atoms with E-state index in [9.17, 15) is 13.5 Å². The van der Waals surface area contributed by atoms with Gasteiger partial charge in [0.2, 0.25) is 10.0 Å². The Balaban J connectivity index is 1.41. The predicted molar refractivity (Wildman–Crippen MR) is 140 cm³/mol. The van der Waals surface area contributed by atoms with Crippen molar-refractivity contribution < 1.29 is 13.5 Å². The van der Waals surface area contributed by atoms with Crippen molar-refractivity contribution in [2.24, 2.45) is 0 Å². The van der Waals surface area contributed by atoms with Gasteiger partial charge in [-0.1, -0.05) is 42.5 Å². The van der Waals surface area contributed by atoms with Crippen LogP contribution in [0.2, 0.25) is 0 Å². The minimum atomic E-state index is -3.50. The van der Waals surface area contributed by atoms with E-state index >= 15 is 0 Å². The maximum atomic E-state index is 13.5. The summed E-state index contributed by atoms with van der Waals surface area (Å²) in [5, 5.41) is 13.4. The first-order valence-electron chi connectivity index (χ1n) is 12.8. The SMILES string of the molecule is Cc1cccc(-c2ccc([C@@H]3C(CO)N4CCCCN(S(=O)(=O)C5NCCN5C)C[C@@H]34)cc2)c1C. The van der Waals surface area contributed by atoms with Crippen LogP contribution < -0.4 is 5.32 Å². The van der Waals surface area contributed by atoms with E-state index in [-0.39, 0.29) is 24.6 Å². The first-order valence-corrected chi connectivity index (χ1v) is 14.3. The van der Waals surface area contributed by atoms with E-state index in [4.69, 9.17) is 0 Å². The molecule has 3 saturated heterocycles. The van der Waals surface area contributed by atoms with Crippen LogP contribution in [0.3, 0.4) is 0 Å². The molecule has 2 aromatic rings. The zero-order valence-corrected chi connectivity index (χ0v) is 21.8. The smallest absolute Gasteiger partial charge is 0.244 e. The van der Waals surface area contributed by atoms with Crippen molar-refractivity contribution in [3.05, 3.63) is 59.2 Å². The van der Waals surface area contributed by atoms with Crippen LogP contribution in [0.1, 0.15) is 35.4 Å². The van der Waals surface area contributed by atoms with Gasteiger partial charge in [-0.2, -0.15) is 4.31 Å². The monoisotopic (exact) mass is 498 g/mol. The zero-order valence-electron chi connectivity index (χ0n) is 21.0. The van der Waals surface area contributed by atoms with Crippen LogP contribution in [-0.4, -0.2) is 91.6 Å². The van der Waals surface area contributed by atoms with E-state index < -0.39 is 15.5 Å². The second-order valence-corrected chi connectivity index (χ2v) is 12.3. The second-order valence-electron chi connectivity index (χ2n) is 10.3. The standard InChI is InChI=1S/C27H38N4O3S/c1-19-7-6-8-23(20(19)2)21-9-11-22(12-10-21)26-24-17-30(14-4-5-15-31(24)25(26)18-32)35(33,34)27-28-13-16-29(27)3/h6-12,24-28,32H,4-5,13-18H2,1-3H3/t24-,25?,26-,27?/m0/s1. The van der Waals surface area contributed by atoms with Gasteiger partial charge in [0.05, 0.1) is 6.61 Å². The zero-order chi connectivity index (χ0) is 24.7. The van der Waals surface area contributed by atoms with Gasteiger partial charge in [0.15, 0.2) is 5.50 Å². The molecule has 0 aliphatic carbocycles. The number of likely N-dealkylation sites (N-methyl/N-ethyl adjacent to an activating group) is 1. The fraction of sp³-hybridized carbons (Fsp3) is 0.556. The molecule has 3 aliphatic heterocycles. The quantitative estimate of drug-likeness (QED) is 0.659. The molecule has 0 aromatic heterocycles. The molecule has 3 aliphatic rings. The lowest BCUT2D eigenvalue weighted by Crippen LogP contribution is -2.68. The number of sulfonamides is 1. The molecule has 0 radical (unpaired) electrons. The Morgan fingerprint density at radius 2 is 1.77 bits per heavy atom. The Labute approximate surface area is 209 Å². The van der Waals surface area contributed by atoms with Crippen molar-refractivity contribution in [3.63, 3.8) is 0 Å². The van der Waals surface area contributed by atoms with Crippen molar-refractivity contribution in [1.29, 1.82) is 0 Å². The first kappa shape index (κ1) is 24.9. The van der Waals surface area contributed by atoms with Gasteiger partial charge in [0.25, 0.3) is 0 Å². The topological polar surface area (TPSA) is 76.1 Å². The summed E-state index contributed by atoms with van der Waals surface area (Å²) in [5.74, 6) is 0.109. The molecule has 2 N–H and O–H groups in total. The summed E-state index contributed by atoms with van der Waals surface area (Å²) in [4.78, 5) is 4.21. The van der Waals surface area contributed by atoms with Gasteiger partial charge in [-0.3, -0.25) is 15.1 Å². The van der Waals surface area contributed by atoms with Crippen LogP contribution in [0.25, 0.3) is 11.1 Å². The van der Waals surface area contributed by atoms with Crippen molar-refractivity contribution in [1.82, 2.24) is 19.4 Å². The number of aliphatic hydroxyl groups excluding tert-OH is 1. The Morgan fingerprint density at radius 1 is 1.03 bits per heavy atom. The molecule has 2 aromatic carbocycles. The first-order chi connectivity index (χ1) is 16.8. The van der Waals surface area contributed by atoms with Crippen LogP contribution in [0.15, 0.2) is 42.5 Å². The number of fused-ring (bicyclic) bond motifs is 1. The van der Waals surface area contributed by atoms with E-state index in [0.29, 0.717) is 19.6 Å². The summed E-state index contributed by atoms with van der Waals surface area (Å²) in [5.41, 5.74) is 5.51. The summed E-state index contributed by atoms with van der Waals surface area (Å²) in [6.45, 7) is 7.72. The second kappa shape index (κ2) is 9.92. The lowest BCUT2D eigenvalue weighted by atomic mass is 9.74. The van der Waals surface area contributed by atoms with E-state index in [1.165, 1.54) is 27.8 Å². The maximum Gasteiger partial charge on any atom is 0.244 e. The summed E-state index contributed by atoms with van der Waals surface area (Å²) in [6, 6.07) is 15.2. The molecule has 0 saturated carbocycles. The average molecular weight is 499 g/mol. The van der Waals surface area contributed by atoms with Crippen LogP contribution in [0.5, 0.6) is 0 Å². The van der Waals surface area contributed by atoms with Gasteiger partial charge >= 0.3 is 0 Å². The highest BCUT2D eigenvalue weighted by atomic mass is 32.2. The molecule has 4 atom stereocenters. The molecule has 3 heterocycles. The number of aliphatic hydroxyl groups is 1. The lowest BCUT2D eigenvalue weighted by Gasteiger charge is -2.57. The Kier molecular flexibility index (Phi) is 7.05. The van der Waals surface area contributed by atoms with Crippen molar-refractivity contribution in [3.8, 4) is 11.1 Å². The third-order valence-electron chi connectivity index (χ3n) is 8.37. The number of rotatable bonds is 5. The molecule has 0 spiro atoms. The number of nitrogens with one attached hydrogen (secondary N) is 1. The van der Waals surface area contributed by atoms with Gasteiger partial charge < -0.3 is 5.11 Å². The number of hydrogen-bond donors (Lipinski definition) is 2. The lowest BCUT2D eigenvalue weighted by molar-refractivity contribution is -0.0555. The minimum Gasteiger partial charge on any atom is -0.395 e. The molecule has 7 nitrogen and oxygen atoms in total. The van der Waals surface area contributed by atoms with E-state index in [0.717, 1.165) is 25.9 Å². The Bertz CT molecular complexity index is 1150. The largest absolute Gasteiger partial charge is 0.395 e. The van der Waals surface area contributed by atoms with Crippen molar-refractivity contribution in [2.75, 3.05) is 46.4 Å². The third-order valence-corrected chi connectivity index (χ3v) is 10.5. The molecule has 2 unspecified atom stereocenters. The summed E-state index contributed by atoms with van der Waals surface area (Å²) >= 11 is 0. The molecule has 190 valence electrons. The number of nitrogens with zero attached hydrogens (tertiary/aromatic N) is 3. The van der Waals surface area contributed by atoms with Gasteiger partial charge in [-0.25, -0.2) is 8.42 Å². The van der Waals surface area contributed by atoms with Crippen LogP contribution in [-0.2, 0) is 10.0 Å².